The zero-order valence-corrected chi connectivity index (χ0v) is 11.0. The largest absolute Gasteiger partial charge is 0.462 e. The number of ether oxygens (including phenoxy) is 1. The lowest BCUT2D eigenvalue weighted by Gasteiger charge is -2.22. The molecule has 0 radical (unpaired) electrons. The summed E-state index contributed by atoms with van der Waals surface area (Å²) in [5, 5.41) is 3.09. The average Bonchev–Trinajstić information content (AvgIpc) is 2.58. The van der Waals surface area contributed by atoms with Gasteiger partial charge >= 0.3 is 0 Å². The molecule has 0 spiro atoms. The van der Waals surface area contributed by atoms with Crippen molar-refractivity contribution in [3.8, 4) is 0 Å². The lowest BCUT2D eigenvalue weighted by atomic mass is 10.1. The molecule has 0 fully saturated rings. The van der Waals surface area contributed by atoms with Crippen LogP contribution in [0.1, 0.15) is 44.3 Å². The molecule has 1 N–H and O–H groups in total. The van der Waals surface area contributed by atoms with Gasteiger partial charge in [-0.05, 0) is 45.9 Å². The molecule has 1 aromatic heterocycles. The fourth-order valence-electron chi connectivity index (χ4n) is 1.37. The number of nitrogens with one attached hydrogen (secondary N) is 1. The highest BCUT2D eigenvalue weighted by atomic mass is 16.5. The molecule has 3 heteroatoms. The van der Waals surface area contributed by atoms with Gasteiger partial charge in [-0.25, -0.2) is 0 Å². The van der Waals surface area contributed by atoms with Crippen LogP contribution < -0.4 is 5.32 Å². The fourth-order valence-corrected chi connectivity index (χ4v) is 1.37. The average molecular weight is 225 g/mol. The minimum Gasteiger partial charge on any atom is -0.462 e. The third-order valence-electron chi connectivity index (χ3n) is 2.87. The molecule has 3 nitrogen and oxygen atoms in total. The lowest BCUT2D eigenvalue weighted by Crippen LogP contribution is -2.22. The zero-order valence-electron chi connectivity index (χ0n) is 11.0. The molecule has 0 aromatic carbocycles. The van der Waals surface area contributed by atoms with Gasteiger partial charge in [0.1, 0.15) is 18.1 Å². The van der Waals surface area contributed by atoms with Crippen molar-refractivity contribution in [3.63, 3.8) is 0 Å². The summed E-state index contributed by atoms with van der Waals surface area (Å²) >= 11 is 0. The monoisotopic (exact) mass is 225 g/mol. The molecule has 0 saturated heterocycles. The van der Waals surface area contributed by atoms with Crippen LogP contribution in [0.3, 0.4) is 0 Å². The maximum absolute atomic E-state index is 5.80. The van der Waals surface area contributed by atoms with Crippen molar-refractivity contribution >= 4 is 0 Å². The minimum atomic E-state index is -0.0795. The first kappa shape index (κ1) is 13.3. The second-order valence-electron chi connectivity index (χ2n) is 4.75. The summed E-state index contributed by atoms with van der Waals surface area (Å²) in [6, 6.07) is 2.05. The first-order valence-corrected chi connectivity index (χ1v) is 5.85. The van der Waals surface area contributed by atoms with E-state index in [4.69, 9.17) is 9.15 Å². The molecule has 0 aliphatic rings. The van der Waals surface area contributed by atoms with Gasteiger partial charge in [-0.3, -0.25) is 0 Å². The van der Waals surface area contributed by atoms with Crippen LogP contribution in [0.4, 0.5) is 0 Å². The molecule has 0 aliphatic heterocycles. The minimum absolute atomic E-state index is 0.0795. The van der Waals surface area contributed by atoms with Crippen molar-refractivity contribution < 1.29 is 9.15 Å². The van der Waals surface area contributed by atoms with Gasteiger partial charge in [0.25, 0.3) is 0 Å². The van der Waals surface area contributed by atoms with Crippen LogP contribution in [0.2, 0.25) is 0 Å². The Bertz CT molecular complexity index is 329. The SMILES string of the molecule is CCC(C)(C)OCc1cc(C)c(CNC)o1. The molecule has 0 aliphatic carbocycles. The Morgan fingerprint density at radius 3 is 2.69 bits per heavy atom. The molecule has 0 atom stereocenters. The van der Waals surface area contributed by atoms with E-state index in [1.165, 1.54) is 5.56 Å². The maximum atomic E-state index is 5.80. The van der Waals surface area contributed by atoms with Crippen LogP contribution in [-0.2, 0) is 17.9 Å². The van der Waals surface area contributed by atoms with Gasteiger partial charge < -0.3 is 14.5 Å². The summed E-state index contributed by atoms with van der Waals surface area (Å²) < 4.78 is 11.5. The van der Waals surface area contributed by atoms with E-state index in [1.807, 2.05) is 7.05 Å². The normalized spacial score (nSPS) is 12.1. The first-order chi connectivity index (χ1) is 7.48. The standard InChI is InChI=1S/C13H23NO2/c1-6-13(3,4)15-9-11-7-10(2)12(16-11)8-14-5/h7,14H,6,8-9H2,1-5H3. The second-order valence-corrected chi connectivity index (χ2v) is 4.75. The Morgan fingerprint density at radius 1 is 1.44 bits per heavy atom. The van der Waals surface area contributed by atoms with E-state index in [-0.39, 0.29) is 5.60 Å². The molecule has 0 amide bonds. The molecule has 0 bridgehead atoms. The van der Waals surface area contributed by atoms with Crippen molar-refractivity contribution in [2.45, 2.75) is 52.9 Å². The van der Waals surface area contributed by atoms with Gasteiger partial charge in [-0.2, -0.15) is 0 Å². The Morgan fingerprint density at radius 2 is 2.12 bits per heavy atom. The quantitative estimate of drug-likeness (QED) is 0.808. The highest BCUT2D eigenvalue weighted by Gasteiger charge is 2.16. The molecule has 1 rings (SSSR count). The van der Waals surface area contributed by atoms with Gasteiger partial charge in [0.05, 0.1) is 12.1 Å². The molecule has 1 aromatic rings. The van der Waals surface area contributed by atoms with Gasteiger partial charge in [0, 0.05) is 0 Å². The van der Waals surface area contributed by atoms with E-state index < -0.39 is 0 Å². The summed E-state index contributed by atoms with van der Waals surface area (Å²) in [5.74, 6) is 1.90. The Kier molecular flexibility index (Phi) is 4.56. The van der Waals surface area contributed by atoms with Crippen molar-refractivity contribution in [2.24, 2.45) is 0 Å². The smallest absolute Gasteiger partial charge is 0.130 e. The first-order valence-electron chi connectivity index (χ1n) is 5.85. The molecular weight excluding hydrogens is 202 g/mol. The molecule has 1 heterocycles. The lowest BCUT2D eigenvalue weighted by molar-refractivity contribution is -0.0386. The molecular formula is C13H23NO2. The van der Waals surface area contributed by atoms with Crippen LogP contribution in [0.25, 0.3) is 0 Å². The van der Waals surface area contributed by atoms with Crippen LogP contribution in [-0.4, -0.2) is 12.6 Å². The summed E-state index contributed by atoms with van der Waals surface area (Å²) in [6.45, 7) is 9.69. The predicted octanol–water partition coefficient (Wildman–Crippen LogP) is 3.01. The number of rotatable bonds is 6. The molecule has 16 heavy (non-hydrogen) atoms. The Labute approximate surface area is 98.2 Å². The van der Waals surface area contributed by atoms with Crippen molar-refractivity contribution in [1.29, 1.82) is 0 Å². The number of furan rings is 1. The number of hydrogen-bond donors (Lipinski definition) is 1. The topological polar surface area (TPSA) is 34.4 Å². The fraction of sp³-hybridized carbons (Fsp3) is 0.692. The molecule has 0 unspecified atom stereocenters. The van der Waals surface area contributed by atoms with Crippen molar-refractivity contribution in [2.75, 3.05) is 7.05 Å². The van der Waals surface area contributed by atoms with E-state index in [0.29, 0.717) is 6.61 Å². The second kappa shape index (κ2) is 5.51. The summed E-state index contributed by atoms with van der Waals surface area (Å²) in [5.41, 5.74) is 1.10. The highest BCUT2D eigenvalue weighted by Crippen LogP contribution is 2.20. The Balaban J connectivity index is 2.58. The Hall–Kier alpha value is -0.800. The highest BCUT2D eigenvalue weighted by molar-refractivity contribution is 5.19. The third kappa shape index (κ3) is 3.65. The van der Waals surface area contributed by atoms with Crippen LogP contribution in [0.5, 0.6) is 0 Å². The van der Waals surface area contributed by atoms with E-state index in [0.717, 1.165) is 24.5 Å². The number of aryl methyl sites for hydroxylation is 1. The van der Waals surface area contributed by atoms with Gasteiger partial charge in [0.2, 0.25) is 0 Å². The van der Waals surface area contributed by atoms with Crippen LogP contribution in [0, 0.1) is 6.92 Å². The van der Waals surface area contributed by atoms with E-state index in [1.54, 1.807) is 0 Å². The van der Waals surface area contributed by atoms with Crippen molar-refractivity contribution in [1.82, 2.24) is 5.32 Å². The maximum Gasteiger partial charge on any atom is 0.130 e. The van der Waals surface area contributed by atoms with Gasteiger partial charge in [-0.1, -0.05) is 6.92 Å². The van der Waals surface area contributed by atoms with E-state index >= 15 is 0 Å². The third-order valence-corrected chi connectivity index (χ3v) is 2.87. The zero-order chi connectivity index (χ0) is 12.2. The van der Waals surface area contributed by atoms with Gasteiger partial charge in [-0.15, -0.1) is 0 Å². The van der Waals surface area contributed by atoms with E-state index in [9.17, 15) is 0 Å². The summed E-state index contributed by atoms with van der Waals surface area (Å²) in [4.78, 5) is 0. The van der Waals surface area contributed by atoms with Crippen LogP contribution >= 0.6 is 0 Å². The van der Waals surface area contributed by atoms with Crippen LogP contribution in [0.15, 0.2) is 10.5 Å². The molecule has 0 saturated carbocycles. The van der Waals surface area contributed by atoms with Gasteiger partial charge in [0.15, 0.2) is 0 Å². The number of hydrogen-bond acceptors (Lipinski definition) is 3. The summed E-state index contributed by atoms with van der Waals surface area (Å²) in [7, 11) is 1.92. The predicted molar refractivity (Wildman–Crippen MR) is 65.4 cm³/mol. The van der Waals surface area contributed by atoms with Crippen molar-refractivity contribution in [3.05, 3.63) is 23.2 Å². The summed E-state index contributed by atoms with van der Waals surface area (Å²) in [6.07, 6.45) is 0.996. The molecule has 92 valence electrons. The van der Waals surface area contributed by atoms with E-state index in [2.05, 4.69) is 39.1 Å².